The first-order valence-electron chi connectivity index (χ1n) is 8.37. The van der Waals surface area contributed by atoms with E-state index in [9.17, 15) is 0 Å². The van der Waals surface area contributed by atoms with Gasteiger partial charge in [0.05, 0.1) is 0 Å². The van der Waals surface area contributed by atoms with Gasteiger partial charge >= 0.3 is 0 Å². The SMILES string of the molecule is CC(NC1CCCCC1C1CCCCN1)c1cccs1. The molecule has 20 heavy (non-hydrogen) atoms. The van der Waals surface area contributed by atoms with Crippen molar-refractivity contribution in [2.75, 3.05) is 6.54 Å². The molecular formula is C17H28N2S. The van der Waals surface area contributed by atoms with Crippen molar-refractivity contribution in [3.63, 3.8) is 0 Å². The summed E-state index contributed by atoms with van der Waals surface area (Å²) in [5, 5.41) is 9.92. The molecule has 1 aromatic heterocycles. The number of thiophene rings is 1. The molecule has 0 radical (unpaired) electrons. The summed E-state index contributed by atoms with van der Waals surface area (Å²) in [7, 11) is 0. The Bertz CT molecular complexity index is 384. The first kappa shape index (κ1) is 14.6. The van der Waals surface area contributed by atoms with Gasteiger partial charge in [-0.3, -0.25) is 0 Å². The summed E-state index contributed by atoms with van der Waals surface area (Å²) in [4.78, 5) is 1.48. The van der Waals surface area contributed by atoms with Crippen molar-refractivity contribution in [3.05, 3.63) is 22.4 Å². The second-order valence-corrected chi connectivity index (χ2v) is 7.49. The highest BCUT2D eigenvalue weighted by atomic mass is 32.1. The van der Waals surface area contributed by atoms with Crippen LogP contribution in [0.25, 0.3) is 0 Å². The fraction of sp³-hybridized carbons (Fsp3) is 0.765. The van der Waals surface area contributed by atoms with Crippen LogP contribution >= 0.6 is 11.3 Å². The molecule has 112 valence electrons. The van der Waals surface area contributed by atoms with Crippen LogP contribution < -0.4 is 10.6 Å². The number of hydrogen-bond donors (Lipinski definition) is 2. The van der Waals surface area contributed by atoms with Crippen LogP contribution in [0.2, 0.25) is 0 Å². The quantitative estimate of drug-likeness (QED) is 0.873. The lowest BCUT2D eigenvalue weighted by Crippen LogP contribution is -2.50. The van der Waals surface area contributed by atoms with Gasteiger partial charge in [0.1, 0.15) is 0 Å². The molecule has 1 saturated heterocycles. The highest BCUT2D eigenvalue weighted by Gasteiger charge is 2.33. The van der Waals surface area contributed by atoms with Gasteiger partial charge in [0.25, 0.3) is 0 Å². The third-order valence-corrected chi connectivity index (χ3v) is 6.17. The third kappa shape index (κ3) is 3.44. The summed E-state index contributed by atoms with van der Waals surface area (Å²) in [6.07, 6.45) is 9.77. The molecule has 0 amide bonds. The average Bonchev–Trinajstić information content (AvgIpc) is 3.03. The Morgan fingerprint density at radius 3 is 2.80 bits per heavy atom. The zero-order valence-corrected chi connectivity index (χ0v) is 13.4. The van der Waals surface area contributed by atoms with Crippen LogP contribution in [0.3, 0.4) is 0 Å². The second-order valence-electron chi connectivity index (χ2n) is 6.51. The van der Waals surface area contributed by atoms with E-state index in [0.717, 1.165) is 12.0 Å². The van der Waals surface area contributed by atoms with Gasteiger partial charge in [-0.2, -0.15) is 0 Å². The topological polar surface area (TPSA) is 24.1 Å². The number of hydrogen-bond acceptors (Lipinski definition) is 3. The summed E-state index contributed by atoms with van der Waals surface area (Å²) in [5.41, 5.74) is 0. The van der Waals surface area contributed by atoms with E-state index >= 15 is 0 Å². The van der Waals surface area contributed by atoms with E-state index in [0.29, 0.717) is 12.1 Å². The Morgan fingerprint density at radius 1 is 1.20 bits per heavy atom. The molecule has 0 bridgehead atoms. The molecule has 0 aromatic carbocycles. The van der Waals surface area contributed by atoms with Crippen molar-refractivity contribution in [1.29, 1.82) is 0 Å². The van der Waals surface area contributed by atoms with Crippen LogP contribution in [-0.2, 0) is 0 Å². The molecular weight excluding hydrogens is 264 g/mol. The van der Waals surface area contributed by atoms with Gasteiger partial charge in [-0.25, -0.2) is 0 Å². The van der Waals surface area contributed by atoms with Crippen LogP contribution in [0.5, 0.6) is 0 Å². The van der Waals surface area contributed by atoms with E-state index in [1.807, 2.05) is 11.3 Å². The highest BCUT2D eigenvalue weighted by Crippen LogP contribution is 2.32. The van der Waals surface area contributed by atoms with Crippen molar-refractivity contribution in [2.24, 2.45) is 5.92 Å². The first-order valence-corrected chi connectivity index (χ1v) is 9.25. The maximum absolute atomic E-state index is 3.94. The molecule has 2 aliphatic rings. The lowest BCUT2D eigenvalue weighted by molar-refractivity contribution is 0.174. The second kappa shape index (κ2) is 7.06. The van der Waals surface area contributed by atoms with Crippen LogP contribution in [0.1, 0.15) is 62.8 Å². The monoisotopic (exact) mass is 292 g/mol. The number of nitrogens with one attached hydrogen (secondary N) is 2. The van der Waals surface area contributed by atoms with Gasteiger partial charge in [-0.15, -0.1) is 11.3 Å². The maximum Gasteiger partial charge on any atom is 0.0388 e. The molecule has 2 N–H and O–H groups in total. The van der Waals surface area contributed by atoms with Crippen LogP contribution in [0, 0.1) is 5.92 Å². The van der Waals surface area contributed by atoms with E-state index < -0.39 is 0 Å². The Kier molecular flexibility index (Phi) is 5.14. The van der Waals surface area contributed by atoms with E-state index in [2.05, 4.69) is 35.1 Å². The summed E-state index contributed by atoms with van der Waals surface area (Å²) >= 11 is 1.88. The Hall–Kier alpha value is -0.380. The fourth-order valence-corrected chi connectivity index (χ4v) is 4.78. The van der Waals surface area contributed by atoms with E-state index in [-0.39, 0.29) is 0 Å². The predicted octanol–water partition coefficient (Wildman–Crippen LogP) is 4.10. The average molecular weight is 292 g/mol. The molecule has 3 heteroatoms. The predicted molar refractivity (Wildman–Crippen MR) is 87.3 cm³/mol. The molecule has 0 spiro atoms. The van der Waals surface area contributed by atoms with Gasteiger partial charge in [0.2, 0.25) is 0 Å². The minimum atomic E-state index is 0.504. The Balaban J connectivity index is 1.62. The number of piperidine rings is 1. The summed E-state index contributed by atoms with van der Waals surface area (Å²) in [5.74, 6) is 0.839. The molecule has 4 unspecified atom stereocenters. The molecule has 1 aliphatic carbocycles. The van der Waals surface area contributed by atoms with Crippen LogP contribution in [0.15, 0.2) is 17.5 Å². The lowest BCUT2D eigenvalue weighted by Gasteiger charge is -2.41. The van der Waals surface area contributed by atoms with Gasteiger partial charge in [0, 0.05) is 23.0 Å². The third-order valence-electron chi connectivity index (χ3n) is 5.12. The standard InChI is InChI=1S/C17H28N2S/c1-13(17-10-6-12-20-17)19-16-9-3-2-7-14(16)15-8-4-5-11-18-15/h6,10,12-16,18-19H,2-5,7-9,11H2,1H3. The summed E-state index contributed by atoms with van der Waals surface area (Å²) in [6, 6.07) is 6.40. The van der Waals surface area contributed by atoms with Crippen LogP contribution in [-0.4, -0.2) is 18.6 Å². The van der Waals surface area contributed by atoms with Crippen molar-refractivity contribution < 1.29 is 0 Å². The maximum atomic E-state index is 3.94. The lowest BCUT2D eigenvalue weighted by atomic mass is 9.77. The molecule has 1 aromatic rings. The van der Waals surface area contributed by atoms with Crippen molar-refractivity contribution >= 4 is 11.3 Å². The van der Waals surface area contributed by atoms with E-state index in [1.165, 1.54) is 56.4 Å². The Labute approximate surface area is 127 Å². The largest absolute Gasteiger partial charge is 0.314 e. The molecule has 3 rings (SSSR count). The zero-order chi connectivity index (χ0) is 13.8. The summed E-state index contributed by atoms with van der Waals surface area (Å²) in [6.45, 7) is 3.56. The van der Waals surface area contributed by atoms with E-state index in [1.54, 1.807) is 0 Å². The van der Waals surface area contributed by atoms with Crippen molar-refractivity contribution in [1.82, 2.24) is 10.6 Å². The molecule has 1 saturated carbocycles. The minimum Gasteiger partial charge on any atom is -0.314 e. The molecule has 2 fully saturated rings. The fourth-order valence-electron chi connectivity index (χ4n) is 4.03. The smallest absolute Gasteiger partial charge is 0.0388 e. The van der Waals surface area contributed by atoms with Gasteiger partial charge in [0.15, 0.2) is 0 Å². The molecule has 4 atom stereocenters. The summed E-state index contributed by atoms with van der Waals surface area (Å²) < 4.78 is 0. The van der Waals surface area contributed by atoms with Crippen molar-refractivity contribution in [2.45, 2.75) is 70.0 Å². The van der Waals surface area contributed by atoms with Crippen molar-refractivity contribution in [3.8, 4) is 0 Å². The number of rotatable bonds is 4. The van der Waals surface area contributed by atoms with Gasteiger partial charge in [-0.05, 0) is 56.5 Å². The normalized spacial score (nSPS) is 33.0. The first-order chi connectivity index (χ1) is 9.84. The van der Waals surface area contributed by atoms with Gasteiger partial charge in [-0.1, -0.05) is 25.3 Å². The van der Waals surface area contributed by atoms with E-state index in [4.69, 9.17) is 0 Å². The molecule has 2 nitrogen and oxygen atoms in total. The molecule has 2 heterocycles. The highest BCUT2D eigenvalue weighted by molar-refractivity contribution is 7.10. The van der Waals surface area contributed by atoms with Crippen LogP contribution in [0.4, 0.5) is 0 Å². The Morgan fingerprint density at radius 2 is 2.05 bits per heavy atom. The zero-order valence-electron chi connectivity index (χ0n) is 12.6. The van der Waals surface area contributed by atoms with Gasteiger partial charge < -0.3 is 10.6 Å². The molecule has 1 aliphatic heterocycles. The minimum absolute atomic E-state index is 0.504.